The van der Waals surface area contributed by atoms with Gasteiger partial charge in [0.1, 0.15) is 12.3 Å². The molecule has 36 heavy (non-hydrogen) atoms. The van der Waals surface area contributed by atoms with E-state index in [0.29, 0.717) is 22.4 Å². The van der Waals surface area contributed by atoms with E-state index < -0.39 is 29.1 Å². The van der Waals surface area contributed by atoms with Crippen LogP contribution in [0, 0.1) is 6.92 Å². The van der Waals surface area contributed by atoms with Gasteiger partial charge in [0, 0.05) is 19.2 Å². The van der Waals surface area contributed by atoms with Gasteiger partial charge in [-0.1, -0.05) is 42.5 Å². The van der Waals surface area contributed by atoms with Gasteiger partial charge in [-0.15, -0.1) is 0 Å². The first-order valence-corrected chi connectivity index (χ1v) is 12.0. The number of carbonyl (C=O) groups excluding carboxylic acids is 1. The molecule has 2 atom stereocenters. The van der Waals surface area contributed by atoms with E-state index in [-0.39, 0.29) is 24.9 Å². The molecule has 0 aliphatic rings. The van der Waals surface area contributed by atoms with E-state index in [1.807, 2.05) is 6.07 Å². The minimum Gasteiger partial charge on any atom is -0.473 e. The lowest BCUT2D eigenvalue weighted by atomic mass is 9.97. The Labute approximate surface area is 209 Å². The highest BCUT2D eigenvalue weighted by atomic mass is 32.2. The van der Waals surface area contributed by atoms with Gasteiger partial charge in [-0.2, -0.15) is 13.2 Å². The molecule has 0 saturated carbocycles. The van der Waals surface area contributed by atoms with Crippen molar-refractivity contribution < 1.29 is 31.5 Å². The molecule has 0 radical (unpaired) electrons. The van der Waals surface area contributed by atoms with E-state index >= 15 is 0 Å². The summed E-state index contributed by atoms with van der Waals surface area (Å²) in [6.45, 7) is 3.39. The summed E-state index contributed by atoms with van der Waals surface area (Å²) in [5.74, 6) is -1.14. The molecule has 0 fully saturated rings. The van der Waals surface area contributed by atoms with Crippen LogP contribution >= 0.6 is 0 Å². The van der Waals surface area contributed by atoms with Crippen molar-refractivity contribution in [3.8, 4) is 5.88 Å². The van der Waals surface area contributed by atoms with Crippen molar-refractivity contribution in [2.75, 3.05) is 11.4 Å². The molecule has 2 N–H and O–H groups in total. The molecule has 0 bridgehead atoms. The third-order valence-electron chi connectivity index (χ3n) is 5.59. The van der Waals surface area contributed by atoms with Crippen molar-refractivity contribution in [2.24, 2.45) is 0 Å². The molecular weight excluding hydrogens is 495 g/mol. The van der Waals surface area contributed by atoms with Crippen LogP contribution in [0.2, 0.25) is 0 Å². The number of benzene rings is 2. The van der Waals surface area contributed by atoms with Crippen LogP contribution in [0.5, 0.6) is 5.88 Å². The number of nitrogens with zero attached hydrogens (tertiary/aromatic N) is 2. The zero-order chi connectivity index (χ0) is 26.5. The third kappa shape index (κ3) is 6.82. The van der Waals surface area contributed by atoms with Crippen LogP contribution in [0.1, 0.15) is 40.8 Å². The van der Waals surface area contributed by atoms with E-state index in [0.717, 1.165) is 11.6 Å². The van der Waals surface area contributed by atoms with Gasteiger partial charge < -0.3 is 10.1 Å². The summed E-state index contributed by atoms with van der Waals surface area (Å²) >= 11 is -2.18. The van der Waals surface area contributed by atoms with Gasteiger partial charge in [0.2, 0.25) is 11.8 Å². The molecule has 3 rings (SSSR count). The van der Waals surface area contributed by atoms with E-state index in [1.165, 1.54) is 17.4 Å². The van der Waals surface area contributed by atoms with Crippen molar-refractivity contribution in [2.45, 2.75) is 39.1 Å². The lowest BCUT2D eigenvalue weighted by Gasteiger charge is -2.19. The molecule has 11 heteroatoms. The number of hydrogen-bond acceptors (Lipinski definition) is 4. The van der Waals surface area contributed by atoms with Crippen LogP contribution in [-0.4, -0.2) is 26.7 Å². The number of aryl methyl sites for hydroxylation is 1. The Bertz CT molecular complexity index is 1240. The quantitative estimate of drug-likeness (QED) is 0.388. The number of hydrogen-bond donors (Lipinski definition) is 2. The monoisotopic (exact) mass is 521 g/mol. The summed E-state index contributed by atoms with van der Waals surface area (Å²) in [6.07, 6.45) is -4.64. The number of pyridine rings is 1. The smallest absolute Gasteiger partial charge is 0.433 e. The molecule has 0 spiro atoms. The van der Waals surface area contributed by atoms with Gasteiger partial charge in [-0.25, -0.2) is 9.19 Å². The van der Waals surface area contributed by atoms with Crippen molar-refractivity contribution in [1.29, 1.82) is 0 Å². The number of halogens is 3. The second-order valence-electron chi connectivity index (χ2n) is 8.15. The summed E-state index contributed by atoms with van der Waals surface area (Å²) in [7, 11) is 1.48. The Morgan fingerprint density at radius 1 is 1.17 bits per heavy atom. The summed E-state index contributed by atoms with van der Waals surface area (Å²) in [5, 5.41) is 2.73. The second kappa shape index (κ2) is 11.5. The Morgan fingerprint density at radius 3 is 2.47 bits per heavy atom. The Kier molecular flexibility index (Phi) is 8.70. The number of anilines is 1. The fourth-order valence-electron chi connectivity index (χ4n) is 3.48. The van der Waals surface area contributed by atoms with Crippen molar-refractivity contribution in [3.63, 3.8) is 0 Å². The highest BCUT2D eigenvalue weighted by Crippen LogP contribution is 2.31. The molecule has 0 aliphatic carbocycles. The van der Waals surface area contributed by atoms with E-state index in [4.69, 9.17) is 4.74 Å². The molecular formula is C25H26F3N3O4S. The fraction of sp³-hybridized carbons (Fsp3) is 0.280. The first-order chi connectivity index (χ1) is 17.0. The van der Waals surface area contributed by atoms with Crippen molar-refractivity contribution in [3.05, 3.63) is 88.6 Å². The van der Waals surface area contributed by atoms with E-state index in [2.05, 4.69) is 10.3 Å². The zero-order valence-electron chi connectivity index (χ0n) is 19.9. The first-order valence-electron chi connectivity index (χ1n) is 10.9. The van der Waals surface area contributed by atoms with Crippen molar-refractivity contribution in [1.82, 2.24) is 10.3 Å². The fourth-order valence-corrected chi connectivity index (χ4v) is 3.86. The summed E-state index contributed by atoms with van der Waals surface area (Å²) in [4.78, 5) is 16.5. The van der Waals surface area contributed by atoms with Crippen LogP contribution in [0.25, 0.3) is 0 Å². The lowest BCUT2D eigenvalue weighted by molar-refractivity contribution is -0.141. The normalized spacial score (nSPS) is 13.1. The minimum absolute atomic E-state index is 0.0190. The highest BCUT2D eigenvalue weighted by Gasteiger charge is 2.33. The molecule has 7 nitrogen and oxygen atoms in total. The SMILES string of the molecule is Cc1cc(C(C)C(=O)NCc2ccc(C(F)(F)F)nc2OCc2ccccc2)ccc1N(C)S(=O)O. The maximum atomic E-state index is 13.2. The number of rotatable bonds is 9. The van der Waals surface area contributed by atoms with Crippen LogP contribution in [-0.2, 0) is 35.4 Å². The first kappa shape index (κ1) is 27.2. The maximum absolute atomic E-state index is 13.2. The molecule has 1 aromatic heterocycles. The predicted molar refractivity (Wildman–Crippen MR) is 131 cm³/mol. The van der Waals surface area contributed by atoms with E-state index in [1.54, 1.807) is 56.3 Å². The number of carbonyl (C=O) groups is 1. The number of ether oxygens (including phenoxy) is 1. The molecule has 192 valence electrons. The van der Waals surface area contributed by atoms with Gasteiger partial charge >= 0.3 is 6.18 Å². The average Bonchev–Trinajstić information content (AvgIpc) is 2.85. The predicted octanol–water partition coefficient (Wildman–Crippen LogP) is 4.98. The number of alkyl halides is 3. The second-order valence-corrected chi connectivity index (χ2v) is 9.16. The molecule has 0 aliphatic heterocycles. The Hall–Kier alpha value is -3.44. The minimum atomic E-state index is -4.64. The molecule has 0 saturated heterocycles. The van der Waals surface area contributed by atoms with Crippen molar-refractivity contribution >= 4 is 22.9 Å². The molecule has 1 heterocycles. The van der Waals surface area contributed by atoms with Gasteiger partial charge in [0.25, 0.3) is 11.3 Å². The Balaban J connectivity index is 1.74. The van der Waals surface area contributed by atoms with Gasteiger partial charge in [0.15, 0.2) is 0 Å². The summed E-state index contributed by atoms with van der Waals surface area (Å²) in [6, 6.07) is 16.1. The maximum Gasteiger partial charge on any atom is 0.433 e. The highest BCUT2D eigenvalue weighted by molar-refractivity contribution is 7.80. The molecule has 3 aromatic rings. The zero-order valence-corrected chi connectivity index (χ0v) is 20.7. The molecule has 1 amide bonds. The van der Waals surface area contributed by atoms with Gasteiger partial charge in [-0.3, -0.25) is 13.7 Å². The standard InChI is InChI=1S/C25H26F3N3O4S/c1-16-13-19(9-11-21(16)31(3)36(33)34)17(2)23(32)29-14-20-10-12-22(25(26,27)28)30-24(20)35-15-18-7-5-4-6-8-18/h4-13,17H,14-15H2,1-3H3,(H,29,32)(H,33,34). The number of aromatic nitrogens is 1. The van der Waals surface area contributed by atoms with Gasteiger partial charge in [-0.05, 0) is 48.7 Å². The largest absolute Gasteiger partial charge is 0.473 e. The lowest BCUT2D eigenvalue weighted by Crippen LogP contribution is -2.28. The summed E-state index contributed by atoms with van der Waals surface area (Å²) < 4.78 is 67.0. The Morgan fingerprint density at radius 2 is 1.86 bits per heavy atom. The summed E-state index contributed by atoms with van der Waals surface area (Å²) in [5.41, 5.74) is 1.91. The van der Waals surface area contributed by atoms with Crippen LogP contribution in [0.4, 0.5) is 18.9 Å². The average molecular weight is 522 g/mol. The molecule has 2 unspecified atom stereocenters. The van der Waals surface area contributed by atoms with Gasteiger partial charge in [0.05, 0.1) is 11.6 Å². The molecule has 2 aromatic carbocycles. The van der Waals surface area contributed by atoms with Crippen LogP contribution < -0.4 is 14.4 Å². The van der Waals surface area contributed by atoms with Crippen LogP contribution in [0.3, 0.4) is 0 Å². The van der Waals surface area contributed by atoms with Crippen LogP contribution in [0.15, 0.2) is 60.7 Å². The third-order valence-corrected chi connectivity index (χ3v) is 6.25. The number of nitrogens with one attached hydrogen (secondary N) is 1. The topological polar surface area (TPSA) is 91.8 Å². The van der Waals surface area contributed by atoms with E-state index in [9.17, 15) is 26.7 Å². The number of amides is 1.